The SMILES string of the molecule is O=C1C(Cc2ccc(F)cc2CF)CCCN1c1n[nH]c(-c2ccnnc2)n1. The molecule has 4 rings (SSSR count). The van der Waals surface area contributed by atoms with Crippen molar-refractivity contribution in [3.05, 3.63) is 53.6 Å². The third-order valence-electron chi connectivity index (χ3n) is 4.90. The fraction of sp³-hybridized carbons (Fsp3) is 0.316. The van der Waals surface area contributed by atoms with Gasteiger partial charge in [0.25, 0.3) is 5.95 Å². The summed E-state index contributed by atoms with van der Waals surface area (Å²) in [5.41, 5.74) is 1.66. The molecule has 0 spiro atoms. The number of rotatable bonds is 5. The van der Waals surface area contributed by atoms with Crippen molar-refractivity contribution < 1.29 is 13.6 Å². The molecule has 0 radical (unpaired) electrons. The number of halogens is 2. The largest absolute Gasteiger partial charge is 0.279 e. The van der Waals surface area contributed by atoms with Gasteiger partial charge in [-0.15, -0.1) is 5.10 Å². The van der Waals surface area contributed by atoms with Crippen molar-refractivity contribution >= 4 is 11.9 Å². The molecule has 0 saturated carbocycles. The number of alkyl halides is 1. The first-order valence-corrected chi connectivity index (χ1v) is 9.00. The number of anilines is 1. The summed E-state index contributed by atoms with van der Waals surface area (Å²) in [6.07, 6.45) is 4.93. The molecule has 3 aromatic rings. The molecule has 1 aliphatic heterocycles. The topological polar surface area (TPSA) is 87.7 Å². The molecular weight excluding hydrogens is 366 g/mol. The summed E-state index contributed by atoms with van der Waals surface area (Å²) in [7, 11) is 0. The number of piperidine rings is 1. The Kier molecular flexibility index (Phi) is 5.05. The number of hydrogen-bond donors (Lipinski definition) is 1. The molecule has 7 nitrogen and oxygen atoms in total. The van der Waals surface area contributed by atoms with Crippen LogP contribution in [0.4, 0.5) is 14.7 Å². The van der Waals surface area contributed by atoms with Crippen molar-refractivity contribution in [3.8, 4) is 11.4 Å². The summed E-state index contributed by atoms with van der Waals surface area (Å²) in [6.45, 7) is -0.247. The number of benzene rings is 1. The van der Waals surface area contributed by atoms with Crippen LogP contribution < -0.4 is 4.90 Å². The second-order valence-corrected chi connectivity index (χ2v) is 6.69. The van der Waals surface area contributed by atoms with E-state index in [2.05, 4.69) is 25.4 Å². The lowest BCUT2D eigenvalue weighted by Gasteiger charge is -2.30. The molecule has 1 unspecified atom stereocenters. The van der Waals surface area contributed by atoms with E-state index in [1.54, 1.807) is 29.4 Å². The van der Waals surface area contributed by atoms with Crippen LogP contribution in [0.2, 0.25) is 0 Å². The molecule has 1 atom stereocenters. The first-order valence-electron chi connectivity index (χ1n) is 9.00. The van der Waals surface area contributed by atoms with Crippen LogP contribution in [-0.2, 0) is 17.9 Å². The minimum atomic E-state index is -0.762. The van der Waals surface area contributed by atoms with Crippen molar-refractivity contribution in [1.29, 1.82) is 0 Å². The van der Waals surface area contributed by atoms with Gasteiger partial charge in [0.2, 0.25) is 5.91 Å². The fourth-order valence-corrected chi connectivity index (χ4v) is 3.45. The lowest BCUT2D eigenvalue weighted by molar-refractivity contribution is -0.123. The highest BCUT2D eigenvalue weighted by atomic mass is 19.1. The van der Waals surface area contributed by atoms with E-state index in [-0.39, 0.29) is 17.4 Å². The molecule has 1 N–H and O–H groups in total. The molecule has 1 saturated heterocycles. The van der Waals surface area contributed by atoms with Gasteiger partial charge in [-0.2, -0.15) is 15.2 Å². The molecule has 0 aliphatic carbocycles. The molecular formula is C19H18F2N6O. The highest BCUT2D eigenvalue weighted by Crippen LogP contribution is 2.27. The lowest BCUT2D eigenvalue weighted by atomic mass is 9.89. The average Bonchev–Trinajstić information content (AvgIpc) is 3.21. The Morgan fingerprint density at radius 1 is 1.21 bits per heavy atom. The maximum Gasteiger partial charge on any atom is 0.251 e. The monoisotopic (exact) mass is 384 g/mol. The minimum Gasteiger partial charge on any atom is -0.279 e. The predicted molar refractivity (Wildman–Crippen MR) is 97.4 cm³/mol. The van der Waals surface area contributed by atoms with Crippen molar-refractivity contribution in [3.63, 3.8) is 0 Å². The standard InChI is InChI=1S/C19H18F2N6O/c20-10-15-9-16(21)4-3-12(15)8-13-2-1-7-27(18(13)28)19-24-17(25-26-19)14-5-6-22-23-11-14/h3-6,9,11,13H,1-2,7-8,10H2,(H,24,25,26). The molecule has 1 fully saturated rings. The summed E-state index contributed by atoms with van der Waals surface area (Å²) in [4.78, 5) is 18.9. The Balaban J connectivity index is 1.53. The predicted octanol–water partition coefficient (Wildman–Crippen LogP) is 2.86. The lowest BCUT2D eigenvalue weighted by Crippen LogP contribution is -2.42. The van der Waals surface area contributed by atoms with Crippen LogP contribution in [0, 0.1) is 11.7 Å². The molecule has 3 heterocycles. The van der Waals surface area contributed by atoms with Crippen LogP contribution in [0.1, 0.15) is 24.0 Å². The molecule has 0 bridgehead atoms. The van der Waals surface area contributed by atoms with E-state index in [0.717, 1.165) is 6.42 Å². The number of aromatic nitrogens is 5. The quantitative estimate of drug-likeness (QED) is 0.731. The van der Waals surface area contributed by atoms with Crippen LogP contribution >= 0.6 is 0 Å². The minimum absolute atomic E-state index is 0.112. The van der Waals surface area contributed by atoms with Gasteiger partial charge >= 0.3 is 0 Å². The van der Waals surface area contributed by atoms with Gasteiger partial charge in [0, 0.05) is 18.0 Å². The van der Waals surface area contributed by atoms with Crippen LogP contribution in [0.5, 0.6) is 0 Å². The van der Waals surface area contributed by atoms with Crippen LogP contribution in [0.25, 0.3) is 11.4 Å². The third kappa shape index (κ3) is 3.60. The fourth-order valence-electron chi connectivity index (χ4n) is 3.45. The van der Waals surface area contributed by atoms with Crippen LogP contribution in [-0.4, -0.2) is 37.8 Å². The van der Waals surface area contributed by atoms with Gasteiger partial charge in [0.05, 0.1) is 12.4 Å². The molecule has 1 aromatic carbocycles. The normalized spacial score (nSPS) is 17.1. The number of hydrogen-bond acceptors (Lipinski definition) is 5. The zero-order chi connectivity index (χ0) is 19.5. The van der Waals surface area contributed by atoms with Crippen LogP contribution in [0.3, 0.4) is 0 Å². The molecule has 2 aromatic heterocycles. The van der Waals surface area contributed by atoms with Gasteiger partial charge in [-0.05, 0) is 48.6 Å². The first-order chi connectivity index (χ1) is 13.7. The number of amides is 1. The molecule has 28 heavy (non-hydrogen) atoms. The molecule has 9 heteroatoms. The van der Waals surface area contributed by atoms with E-state index in [1.165, 1.54) is 12.1 Å². The van der Waals surface area contributed by atoms with Crippen molar-refractivity contribution in [2.75, 3.05) is 11.4 Å². The second kappa shape index (κ2) is 7.79. The van der Waals surface area contributed by atoms with Gasteiger partial charge in [-0.25, -0.2) is 8.78 Å². The first kappa shape index (κ1) is 18.1. The van der Waals surface area contributed by atoms with E-state index in [9.17, 15) is 13.6 Å². The maximum absolute atomic E-state index is 13.3. The zero-order valence-corrected chi connectivity index (χ0v) is 15.0. The Hall–Kier alpha value is -3.23. The van der Waals surface area contributed by atoms with Crippen molar-refractivity contribution in [1.82, 2.24) is 25.4 Å². The number of H-pyrrole nitrogens is 1. The van der Waals surface area contributed by atoms with E-state index in [4.69, 9.17) is 0 Å². The Bertz CT molecular complexity index is 978. The Morgan fingerprint density at radius 2 is 2.11 bits per heavy atom. The number of nitrogens with zero attached hydrogens (tertiary/aromatic N) is 5. The molecule has 1 aliphatic rings. The van der Waals surface area contributed by atoms with E-state index in [0.29, 0.717) is 42.3 Å². The number of nitrogens with one attached hydrogen (secondary N) is 1. The van der Waals surface area contributed by atoms with E-state index < -0.39 is 12.5 Å². The highest BCUT2D eigenvalue weighted by Gasteiger charge is 2.32. The summed E-state index contributed by atoms with van der Waals surface area (Å²) < 4.78 is 26.6. The van der Waals surface area contributed by atoms with Crippen molar-refractivity contribution in [2.45, 2.75) is 25.9 Å². The van der Waals surface area contributed by atoms with Gasteiger partial charge in [-0.3, -0.25) is 14.8 Å². The summed E-state index contributed by atoms with van der Waals surface area (Å²) in [6, 6.07) is 5.78. The summed E-state index contributed by atoms with van der Waals surface area (Å²) >= 11 is 0. The second-order valence-electron chi connectivity index (χ2n) is 6.69. The van der Waals surface area contributed by atoms with Gasteiger partial charge in [0.15, 0.2) is 5.82 Å². The Labute approximate surface area is 159 Å². The summed E-state index contributed by atoms with van der Waals surface area (Å²) in [5, 5.41) is 14.5. The smallest absolute Gasteiger partial charge is 0.251 e. The Morgan fingerprint density at radius 3 is 2.89 bits per heavy atom. The van der Waals surface area contributed by atoms with E-state index in [1.807, 2.05) is 0 Å². The van der Waals surface area contributed by atoms with Crippen LogP contribution in [0.15, 0.2) is 36.7 Å². The van der Waals surface area contributed by atoms with Crippen molar-refractivity contribution in [2.24, 2.45) is 5.92 Å². The summed E-state index contributed by atoms with van der Waals surface area (Å²) in [5.74, 6) is -0.121. The number of carbonyl (C=O) groups excluding carboxylic acids is 1. The van der Waals surface area contributed by atoms with E-state index >= 15 is 0 Å². The molecule has 144 valence electrons. The van der Waals surface area contributed by atoms with Gasteiger partial charge < -0.3 is 0 Å². The number of carbonyl (C=O) groups is 1. The van der Waals surface area contributed by atoms with Gasteiger partial charge in [-0.1, -0.05) is 6.07 Å². The average molecular weight is 384 g/mol. The maximum atomic E-state index is 13.3. The highest BCUT2D eigenvalue weighted by molar-refractivity contribution is 5.94. The number of aromatic amines is 1. The third-order valence-corrected chi connectivity index (χ3v) is 4.90. The molecule has 1 amide bonds. The van der Waals surface area contributed by atoms with Gasteiger partial charge in [0.1, 0.15) is 12.5 Å². The zero-order valence-electron chi connectivity index (χ0n) is 15.0.